The summed E-state index contributed by atoms with van der Waals surface area (Å²) in [5.41, 5.74) is 0.488. The first-order valence-electron chi connectivity index (χ1n) is 8.69. The number of alkyl halides is 3. The van der Waals surface area contributed by atoms with E-state index in [0.29, 0.717) is 17.7 Å². The molecule has 2 aromatic rings. The number of halogens is 3. The van der Waals surface area contributed by atoms with E-state index in [9.17, 15) is 22.8 Å². The molecule has 2 unspecified atom stereocenters. The summed E-state index contributed by atoms with van der Waals surface area (Å²) in [4.78, 5) is 22.8. The molecular weight excluding hydrogens is 407 g/mol. The van der Waals surface area contributed by atoms with Gasteiger partial charge in [-0.25, -0.2) is 0 Å². The molecule has 5 nitrogen and oxygen atoms in total. The lowest BCUT2D eigenvalue weighted by Crippen LogP contribution is -2.25. The van der Waals surface area contributed by atoms with Gasteiger partial charge in [-0.2, -0.15) is 13.2 Å². The van der Waals surface area contributed by atoms with Crippen LogP contribution in [0.25, 0.3) is 0 Å². The minimum Gasteiger partial charge on any atom is -0.491 e. The summed E-state index contributed by atoms with van der Waals surface area (Å²) in [5, 5.41) is 1.44. The fraction of sp³-hybridized carbons (Fsp3) is 0.300. The Morgan fingerprint density at radius 1 is 1.14 bits per heavy atom. The molecule has 0 aliphatic carbocycles. The Labute approximate surface area is 169 Å². The van der Waals surface area contributed by atoms with Gasteiger partial charge in [0.05, 0.1) is 10.8 Å². The summed E-state index contributed by atoms with van der Waals surface area (Å²) in [7, 11) is 1.41. The average Bonchev–Trinajstić information content (AvgIpc) is 3.00. The van der Waals surface area contributed by atoms with Gasteiger partial charge in [-0.05, 0) is 41.8 Å². The minimum atomic E-state index is -4.43. The lowest BCUT2D eigenvalue weighted by Gasteiger charge is -2.18. The Kier molecular flexibility index (Phi) is 6.49. The van der Waals surface area contributed by atoms with Gasteiger partial charge in [0.2, 0.25) is 5.91 Å². The number of methoxy groups -OCH3 is 1. The van der Waals surface area contributed by atoms with Gasteiger partial charge in [0.15, 0.2) is 0 Å². The van der Waals surface area contributed by atoms with Crippen LogP contribution < -0.4 is 10.1 Å². The van der Waals surface area contributed by atoms with Crippen molar-refractivity contribution in [2.75, 3.05) is 13.7 Å². The van der Waals surface area contributed by atoms with Crippen LogP contribution in [0.5, 0.6) is 5.75 Å². The predicted octanol–water partition coefficient (Wildman–Crippen LogP) is 4.37. The maximum atomic E-state index is 12.9. The summed E-state index contributed by atoms with van der Waals surface area (Å²) >= 11 is 0.963. The number of benzene rings is 2. The Bertz CT molecular complexity index is 886. The van der Waals surface area contributed by atoms with Gasteiger partial charge < -0.3 is 9.47 Å². The fourth-order valence-electron chi connectivity index (χ4n) is 2.85. The van der Waals surface area contributed by atoms with Gasteiger partial charge in [-0.15, -0.1) is 0 Å². The van der Waals surface area contributed by atoms with E-state index in [4.69, 9.17) is 9.47 Å². The maximum absolute atomic E-state index is 12.9. The number of carbonyl (C=O) groups excluding carboxylic acids is 2. The SMILES string of the molecule is COC(COc1ccc(CC2SC(=O)NC2=O)cc1)c1cccc(C(F)(F)F)c1. The largest absolute Gasteiger partial charge is 0.491 e. The molecule has 1 aliphatic heterocycles. The van der Waals surface area contributed by atoms with Gasteiger partial charge in [-0.3, -0.25) is 14.9 Å². The van der Waals surface area contributed by atoms with Gasteiger partial charge in [0.1, 0.15) is 18.5 Å². The van der Waals surface area contributed by atoms with Crippen LogP contribution in [0.2, 0.25) is 0 Å². The molecule has 1 saturated heterocycles. The van der Waals surface area contributed by atoms with Crippen LogP contribution in [-0.2, 0) is 22.1 Å². The Hall–Kier alpha value is -2.52. The molecule has 3 rings (SSSR count). The van der Waals surface area contributed by atoms with Crippen molar-refractivity contribution < 1.29 is 32.2 Å². The molecule has 2 atom stereocenters. The Morgan fingerprint density at radius 3 is 2.45 bits per heavy atom. The van der Waals surface area contributed by atoms with Gasteiger partial charge in [0.25, 0.3) is 5.24 Å². The third-order valence-electron chi connectivity index (χ3n) is 4.38. The Morgan fingerprint density at radius 2 is 1.86 bits per heavy atom. The van der Waals surface area contributed by atoms with E-state index in [1.807, 2.05) is 0 Å². The number of imide groups is 1. The van der Waals surface area contributed by atoms with Crippen LogP contribution in [0.1, 0.15) is 22.8 Å². The third kappa shape index (κ3) is 5.51. The summed E-state index contributed by atoms with van der Waals surface area (Å²) in [5.74, 6) is 0.215. The molecule has 1 heterocycles. The number of amides is 2. The number of hydrogen-bond acceptors (Lipinski definition) is 5. The van der Waals surface area contributed by atoms with Crippen LogP contribution in [0.3, 0.4) is 0 Å². The molecule has 1 fully saturated rings. The van der Waals surface area contributed by atoms with Crippen molar-refractivity contribution in [3.05, 3.63) is 65.2 Å². The summed E-state index contributed by atoms with van der Waals surface area (Å²) in [6.07, 6.45) is -4.68. The molecule has 0 bridgehead atoms. The molecule has 1 N–H and O–H groups in total. The topological polar surface area (TPSA) is 64.6 Å². The summed E-state index contributed by atoms with van der Waals surface area (Å²) < 4.78 is 49.6. The zero-order valence-corrected chi connectivity index (χ0v) is 16.2. The van der Waals surface area contributed by atoms with Crippen molar-refractivity contribution in [1.82, 2.24) is 5.32 Å². The van der Waals surface area contributed by atoms with E-state index in [2.05, 4.69) is 5.32 Å². The molecule has 9 heteroatoms. The molecule has 0 saturated carbocycles. The molecular formula is C20H18F3NO4S. The normalized spacial score (nSPS) is 17.9. The van der Waals surface area contributed by atoms with Crippen LogP contribution >= 0.6 is 11.8 Å². The monoisotopic (exact) mass is 425 g/mol. The van der Waals surface area contributed by atoms with E-state index in [1.165, 1.54) is 13.2 Å². The predicted molar refractivity (Wildman–Crippen MR) is 102 cm³/mol. The minimum absolute atomic E-state index is 0.0343. The van der Waals surface area contributed by atoms with Crippen LogP contribution in [0, 0.1) is 0 Å². The van der Waals surface area contributed by atoms with E-state index in [1.54, 1.807) is 30.3 Å². The van der Waals surface area contributed by atoms with E-state index in [0.717, 1.165) is 29.5 Å². The van der Waals surface area contributed by atoms with Gasteiger partial charge in [0, 0.05) is 7.11 Å². The zero-order chi connectivity index (χ0) is 21.0. The van der Waals surface area contributed by atoms with Crippen LogP contribution in [0.15, 0.2) is 48.5 Å². The second-order valence-electron chi connectivity index (χ2n) is 6.39. The molecule has 0 radical (unpaired) electrons. The lowest BCUT2D eigenvalue weighted by molar-refractivity contribution is -0.137. The molecule has 2 amide bonds. The van der Waals surface area contributed by atoms with Crippen molar-refractivity contribution in [3.63, 3.8) is 0 Å². The van der Waals surface area contributed by atoms with Gasteiger partial charge >= 0.3 is 6.18 Å². The van der Waals surface area contributed by atoms with Crippen molar-refractivity contribution in [2.24, 2.45) is 0 Å². The fourth-order valence-corrected chi connectivity index (χ4v) is 3.71. The number of thioether (sulfide) groups is 1. The quantitative estimate of drug-likeness (QED) is 0.714. The molecule has 29 heavy (non-hydrogen) atoms. The number of rotatable bonds is 7. The second-order valence-corrected chi connectivity index (χ2v) is 7.57. The van der Waals surface area contributed by atoms with E-state index >= 15 is 0 Å². The third-order valence-corrected chi connectivity index (χ3v) is 5.36. The first-order valence-corrected chi connectivity index (χ1v) is 9.57. The van der Waals surface area contributed by atoms with Crippen molar-refractivity contribution in [2.45, 2.75) is 24.0 Å². The summed E-state index contributed by atoms with van der Waals surface area (Å²) in [6, 6.07) is 11.9. The van der Waals surface area contributed by atoms with Crippen molar-refractivity contribution in [3.8, 4) is 5.75 Å². The second kappa shape index (κ2) is 8.87. The van der Waals surface area contributed by atoms with Gasteiger partial charge in [-0.1, -0.05) is 36.0 Å². The van der Waals surface area contributed by atoms with Crippen molar-refractivity contribution in [1.29, 1.82) is 0 Å². The highest BCUT2D eigenvalue weighted by atomic mass is 32.2. The van der Waals surface area contributed by atoms with Crippen LogP contribution in [0.4, 0.5) is 18.0 Å². The molecule has 1 aliphatic rings. The zero-order valence-electron chi connectivity index (χ0n) is 15.4. The smallest absolute Gasteiger partial charge is 0.416 e. The van der Waals surface area contributed by atoms with Crippen molar-refractivity contribution >= 4 is 22.9 Å². The standard InChI is InChI=1S/C20H18F3NO4S/c1-27-16(13-3-2-4-14(10-13)20(21,22)23)11-28-15-7-5-12(6-8-15)9-17-18(25)24-19(26)29-17/h2-8,10,16-17H,9,11H2,1H3,(H,24,25,26). The first kappa shape index (κ1) is 21.2. The molecule has 154 valence electrons. The number of ether oxygens (including phenoxy) is 2. The highest BCUT2D eigenvalue weighted by Crippen LogP contribution is 2.31. The lowest BCUT2D eigenvalue weighted by atomic mass is 10.1. The average molecular weight is 425 g/mol. The number of carbonyl (C=O) groups is 2. The number of hydrogen-bond donors (Lipinski definition) is 1. The number of nitrogens with one attached hydrogen (secondary N) is 1. The Balaban J connectivity index is 1.60. The van der Waals surface area contributed by atoms with E-state index < -0.39 is 23.1 Å². The van der Waals surface area contributed by atoms with Crippen LogP contribution in [-0.4, -0.2) is 30.1 Å². The highest BCUT2D eigenvalue weighted by Gasteiger charge is 2.32. The molecule has 2 aromatic carbocycles. The molecule has 0 spiro atoms. The highest BCUT2D eigenvalue weighted by molar-refractivity contribution is 8.15. The van der Waals surface area contributed by atoms with E-state index in [-0.39, 0.29) is 17.8 Å². The first-order chi connectivity index (χ1) is 13.8. The molecule has 0 aromatic heterocycles. The maximum Gasteiger partial charge on any atom is 0.416 e. The summed E-state index contributed by atoms with van der Waals surface area (Å²) in [6.45, 7) is 0.0343.